The summed E-state index contributed by atoms with van der Waals surface area (Å²) in [7, 11) is 1.50. The fourth-order valence-corrected chi connectivity index (χ4v) is 2.18. The molecule has 0 aromatic heterocycles. The van der Waals surface area contributed by atoms with Crippen LogP contribution in [0, 0.1) is 5.82 Å². The summed E-state index contributed by atoms with van der Waals surface area (Å²) in [4.78, 5) is 50.1. The molecule has 122 valence electrons. The molecule has 0 saturated carbocycles. The van der Waals surface area contributed by atoms with Crippen molar-refractivity contribution < 1.29 is 23.6 Å². The lowest BCUT2D eigenvalue weighted by atomic mass is 10.2. The summed E-state index contributed by atoms with van der Waals surface area (Å²) < 4.78 is 12.8. The number of halogens is 1. The van der Waals surface area contributed by atoms with Gasteiger partial charge in [0, 0.05) is 20.1 Å². The van der Waals surface area contributed by atoms with Gasteiger partial charge in [-0.25, -0.2) is 14.1 Å². The van der Waals surface area contributed by atoms with Gasteiger partial charge in [-0.3, -0.25) is 19.3 Å². The highest BCUT2D eigenvalue weighted by Gasteiger charge is 2.44. The van der Waals surface area contributed by atoms with Crippen LogP contribution in [0.1, 0.15) is 12.5 Å². The van der Waals surface area contributed by atoms with Crippen molar-refractivity contribution in [2.45, 2.75) is 13.5 Å². The molecule has 0 bridgehead atoms. The van der Waals surface area contributed by atoms with Crippen LogP contribution in [0.15, 0.2) is 24.3 Å². The molecule has 0 radical (unpaired) electrons. The smallest absolute Gasteiger partial charge is 0.334 e. The number of carbonyl (C=O) groups is 4. The third-order valence-corrected chi connectivity index (χ3v) is 3.50. The summed E-state index contributed by atoms with van der Waals surface area (Å²) in [6.07, 6.45) is 0. The van der Waals surface area contributed by atoms with Gasteiger partial charge < -0.3 is 4.90 Å². The van der Waals surface area contributed by atoms with Crippen LogP contribution in [0.25, 0.3) is 0 Å². The molecule has 23 heavy (non-hydrogen) atoms. The fraction of sp³-hybridized carbons (Fsp3) is 0.333. The first kappa shape index (κ1) is 16.6. The van der Waals surface area contributed by atoms with E-state index in [1.165, 1.54) is 36.2 Å². The van der Waals surface area contributed by atoms with Crippen LogP contribution >= 0.6 is 0 Å². The third-order valence-electron chi connectivity index (χ3n) is 3.50. The summed E-state index contributed by atoms with van der Waals surface area (Å²) in [6, 6.07) is 4.84. The Labute approximate surface area is 132 Å². The predicted octanol–water partition coefficient (Wildman–Crippen LogP) is 0.595. The van der Waals surface area contributed by atoms with Crippen LogP contribution in [-0.2, 0) is 20.9 Å². The number of nitrogens with zero attached hydrogens (tertiary/aromatic N) is 3. The van der Waals surface area contributed by atoms with Crippen LogP contribution < -0.4 is 0 Å². The number of benzene rings is 1. The van der Waals surface area contributed by atoms with E-state index in [4.69, 9.17) is 0 Å². The summed E-state index contributed by atoms with van der Waals surface area (Å²) in [5.41, 5.74) is 0.701. The van der Waals surface area contributed by atoms with Gasteiger partial charge in [0.2, 0.25) is 5.91 Å². The van der Waals surface area contributed by atoms with Crippen molar-refractivity contribution >= 4 is 23.8 Å². The Morgan fingerprint density at radius 1 is 1.09 bits per heavy atom. The second kappa shape index (κ2) is 6.55. The van der Waals surface area contributed by atoms with E-state index < -0.39 is 30.3 Å². The van der Waals surface area contributed by atoms with Gasteiger partial charge in [-0.1, -0.05) is 12.1 Å². The molecule has 1 aliphatic heterocycles. The average molecular weight is 321 g/mol. The highest BCUT2D eigenvalue weighted by atomic mass is 19.1. The Bertz CT molecular complexity index is 659. The first-order valence-electron chi connectivity index (χ1n) is 7.00. The first-order chi connectivity index (χ1) is 10.8. The zero-order chi connectivity index (χ0) is 17.1. The Morgan fingerprint density at radius 2 is 1.65 bits per heavy atom. The van der Waals surface area contributed by atoms with Crippen LogP contribution in [0.3, 0.4) is 0 Å². The van der Waals surface area contributed by atoms with Crippen LogP contribution in [0.4, 0.5) is 9.18 Å². The summed E-state index contributed by atoms with van der Waals surface area (Å²) in [6.45, 7) is 1.33. The molecule has 1 aliphatic rings. The standard InChI is InChI=1S/C15H16FN3O4/c1-3-18-13(21)14(22)19(15(18)23)9-12(20)17(2)8-10-4-6-11(16)7-5-10/h4-7H,3,8-9H2,1-2H3. The van der Waals surface area contributed by atoms with Crippen molar-refractivity contribution in [2.75, 3.05) is 20.1 Å². The van der Waals surface area contributed by atoms with Crippen molar-refractivity contribution in [1.82, 2.24) is 14.7 Å². The Kier molecular flexibility index (Phi) is 4.73. The third kappa shape index (κ3) is 3.36. The molecule has 8 heteroatoms. The first-order valence-corrected chi connectivity index (χ1v) is 7.00. The van der Waals surface area contributed by atoms with Gasteiger partial charge in [0.1, 0.15) is 12.4 Å². The minimum atomic E-state index is -1.000. The lowest BCUT2D eigenvalue weighted by Crippen LogP contribution is -2.42. The van der Waals surface area contributed by atoms with Crippen molar-refractivity contribution in [1.29, 1.82) is 0 Å². The van der Waals surface area contributed by atoms with Gasteiger partial charge >= 0.3 is 17.8 Å². The van der Waals surface area contributed by atoms with Crippen molar-refractivity contribution in [3.05, 3.63) is 35.6 Å². The van der Waals surface area contributed by atoms with Gasteiger partial charge in [-0.15, -0.1) is 0 Å². The quantitative estimate of drug-likeness (QED) is 0.587. The number of carbonyl (C=O) groups excluding carboxylic acids is 4. The molecule has 1 heterocycles. The largest absolute Gasteiger partial charge is 0.340 e. The SMILES string of the molecule is CCN1C(=O)C(=O)N(CC(=O)N(C)Cc2ccc(F)cc2)C1=O. The van der Waals surface area contributed by atoms with E-state index in [9.17, 15) is 23.6 Å². The highest BCUT2D eigenvalue weighted by Crippen LogP contribution is 2.12. The van der Waals surface area contributed by atoms with Crippen molar-refractivity contribution in [3.8, 4) is 0 Å². The molecular weight excluding hydrogens is 305 g/mol. The summed E-state index contributed by atoms with van der Waals surface area (Å²) in [5.74, 6) is -2.80. The van der Waals surface area contributed by atoms with E-state index in [2.05, 4.69) is 0 Å². The number of hydrogen-bond donors (Lipinski definition) is 0. The van der Waals surface area contributed by atoms with E-state index in [0.29, 0.717) is 10.5 Å². The number of imide groups is 2. The summed E-state index contributed by atoms with van der Waals surface area (Å²) in [5, 5.41) is 0. The molecule has 0 spiro atoms. The highest BCUT2D eigenvalue weighted by molar-refractivity contribution is 6.45. The maximum Gasteiger partial charge on any atom is 0.334 e. The number of likely N-dealkylation sites (N-methyl/N-ethyl adjacent to an activating group) is 2. The molecule has 2 rings (SSSR count). The molecule has 7 nitrogen and oxygen atoms in total. The molecule has 1 aromatic carbocycles. The van der Waals surface area contributed by atoms with Gasteiger partial charge in [0.25, 0.3) is 0 Å². The van der Waals surface area contributed by atoms with E-state index in [1.54, 1.807) is 6.92 Å². The van der Waals surface area contributed by atoms with E-state index >= 15 is 0 Å². The van der Waals surface area contributed by atoms with Crippen LogP contribution in [0.5, 0.6) is 0 Å². The second-order valence-corrected chi connectivity index (χ2v) is 5.10. The van der Waals surface area contributed by atoms with Crippen LogP contribution in [0.2, 0.25) is 0 Å². The maximum absolute atomic E-state index is 12.8. The average Bonchev–Trinajstić information content (AvgIpc) is 2.72. The number of hydrogen-bond acceptors (Lipinski definition) is 4. The molecule has 0 N–H and O–H groups in total. The zero-order valence-corrected chi connectivity index (χ0v) is 12.8. The fourth-order valence-electron chi connectivity index (χ4n) is 2.18. The topological polar surface area (TPSA) is 78.0 Å². The van der Waals surface area contributed by atoms with Crippen LogP contribution in [-0.4, -0.2) is 58.6 Å². The molecular formula is C15H16FN3O4. The van der Waals surface area contributed by atoms with Gasteiger partial charge in [0.15, 0.2) is 0 Å². The normalized spacial score (nSPS) is 14.7. The Morgan fingerprint density at radius 3 is 2.17 bits per heavy atom. The Hall–Kier alpha value is -2.77. The molecule has 1 fully saturated rings. The van der Waals surface area contributed by atoms with Gasteiger partial charge in [-0.2, -0.15) is 0 Å². The molecule has 5 amide bonds. The van der Waals surface area contributed by atoms with E-state index in [1.807, 2.05) is 0 Å². The molecule has 1 saturated heterocycles. The van der Waals surface area contributed by atoms with E-state index in [-0.39, 0.29) is 18.9 Å². The minimum Gasteiger partial charge on any atom is -0.340 e. The Balaban J connectivity index is 2.01. The predicted molar refractivity (Wildman–Crippen MR) is 77.4 cm³/mol. The summed E-state index contributed by atoms with van der Waals surface area (Å²) >= 11 is 0. The molecule has 0 aliphatic carbocycles. The van der Waals surface area contributed by atoms with Gasteiger partial charge in [0.05, 0.1) is 0 Å². The molecule has 0 atom stereocenters. The van der Waals surface area contributed by atoms with Gasteiger partial charge in [-0.05, 0) is 24.6 Å². The lowest BCUT2D eigenvalue weighted by molar-refractivity contribution is -0.144. The number of urea groups is 1. The maximum atomic E-state index is 12.8. The number of amides is 5. The lowest BCUT2D eigenvalue weighted by Gasteiger charge is -2.20. The molecule has 1 aromatic rings. The zero-order valence-electron chi connectivity index (χ0n) is 12.8. The molecule has 0 unspecified atom stereocenters. The second-order valence-electron chi connectivity index (χ2n) is 5.10. The minimum absolute atomic E-state index is 0.0690. The van der Waals surface area contributed by atoms with E-state index in [0.717, 1.165) is 4.90 Å². The number of rotatable bonds is 5. The monoisotopic (exact) mass is 321 g/mol. The van der Waals surface area contributed by atoms with Crippen molar-refractivity contribution in [3.63, 3.8) is 0 Å². The van der Waals surface area contributed by atoms with Crippen molar-refractivity contribution in [2.24, 2.45) is 0 Å².